The lowest BCUT2D eigenvalue weighted by atomic mass is 9.82. The molecule has 0 saturated heterocycles. The number of amides is 1. The summed E-state index contributed by atoms with van der Waals surface area (Å²) >= 11 is 0. The van der Waals surface area contributed by atoms with Crippen molar-refractivity contribution >= 4 is 6.09 Å². The Morgan fingerprint density at radius 2 is 2.14 bits per heavy atom. The summed E-state index contributed by atoms with van der Waals surface area (Å²) in [7, 11) is 1.81. The molecule has 1 atom stereocenters. The highest BCUT2D eigenvalue weighted by molar-refractivity contribution is 5.67. The molecule has 0 radical (unpaired) electrons. The van der Waals surface area contributed by atoms with Gasteiger partial charge in [0.15, 0.2) is 0 Å². The number of aryl methyl sites for hydroxylation is 1. The molecule has 0 fully saturated rings. The number of alkyl carbamates (subject to hydrolysis) is 1. The molecule has 7 nitrogen and oxygen atoms in total. The standard InChI is InChI=1S/C14H26N4O3/c1-6-14(9-19,7-11-16-10-17-18(11)5)8-15-12(20)21-13(2,3)4/h10,19H,6-9H2,1-5H3,(H,15,20). The van der Waals surface area contributed by atoms with E-state index in [0.717, 1.165) is 5.82 Å². The van der Waals surface area contributed by atoms with Crippen LogP contribution >= 0.6 is 0 Å². The van der Waals surface area contributed by atoms with E-state index in [-0.39, 0.29) is 6.61 Å². The fourth-order valence-corrected chi connectivity index (χ4v) is 1.93. The van der Waals surface area contributed by atoms with Gasteiger partial charge >= 0.3 is 6.09 Å². The molecule has 1 aromatic rings. The van der Waals surface area contributed by atoms with E-state index in [1.165, 1.54) is 6.33 Å². The molecule has 1 heterocycles. The van der Waals surface area contributed by atoms with Gasteiger partial charge in [-0.1, -0.05) is 6.92 Å². The molecule has 0 aliphatic rings. The molecular weight excluding hydrogens is 272 g/mol. The van der Waals surface area contributed by atoms with Crippen molar-refractivity contribution in [3.63, 3.8) is 0 Å². The largest absolute Gasteiger partial charge is 0.444 e. The lowest BCUT2D eigenvalue weighted by Gasteiger charge is -2.31. The molecule has 1 amide bonds. The fourth-order valence-electron chi connectivity index (χ4n) is 1.93. The average molecular weight is 298 g/mol. The Bertz CT molecular complexity index is 461. The number of hydrogen-bond acceptors (Lipinski definition) is 5. The van der Waals surface area contributed by atoms with Gasteiger partial charge in [0, 0.05) is 25.4 Å². The van der Waals surface area contributed by atoms with Crippen molar-refractivity contribution in [3.8, 4) is 0 Å². The number of aliphatic hydroxyl groups excluding tert-OH is 1. The zero-order chi connectivity index (χ0) is 16.1. The van der Waals surface area contributed by atoms with Gasteiger partial charge in [0.2, 0.25) is 0 Å². The van der Waals surface area contributed by atoms with Crippen LogP contribution in [0.15, 0.2) is 6.33 Å². The molecule has 7 heteroatoms. The molecule has 21 heavy (non-hydrogen) atoms. The van der Waals surface area contributed by atoms with Gasteiger partial charge in [-0.25, -0.2) is 9.78 Å². The van der Waals surface area contributed by atoms with Crippen molar-refractivity contribution in [1.29, 1.82) is 0 Å². The monoisotopic (exact) mass is 298 g/mol. The van der Waals surface area contributed by atoms with Crippen molar-refractivity contribution in [3.05, 3.63) is 12.2 Å². The minimum Gasteiger partial charge on any atom is -0.444 e. The van der Waals surface area contributed by atoms with Crippen LogP contribution < -0.4 is 5.32 Å². The van der Waals surface area contributed by atoms with Gasteiger partial charge in [-0.2, -0.15) is 5.10 Å². The van der Waals surface area contributed by atoms with E-state index in [9.17, 15) is 9.90 Å². The second-order valence-corrected chi connectivity index (χ2v) is 6.34. The van der Waals surface area contributed by atoms with Crippen LogP contribution in [0.4, 0.5) is 4.79 Å². The highest BCUT2D eigenvalue weighted by Crippen LogP contribution is 2.25. The van der Waals surface area contributed by atoms with E-state index in [4.69, 9.17) is 4.74 Å². The lowest BCUT2D eigenvalue weighted by Crippen LogP contribution is -2.43. The van der Waals surface area contributed by atoms with Crippen LogP contribution in [0.5, 0.6) is 0 Å². The molecule has 120 valence electrons. The van der Waals surface area contributed by atoms with Gasteiger partial charge in [0.1, 0.15) is 17.8 Å². The third-order valence-electron chi connectivity index (χ3n) is 3.43. The summed E-state index contributed by atoms with van der Waals surface area (Å²) < 4.78 is 6.89. The van der Waals surface area contributed by atoms with Gasteiger partial charge < -0.3 is 15.2 Å². The number of aliphatic hydroxyl groups is 1. The number of carbonyl (C=O) groups excluding carboxylic acids is 1. The van der Waals surface area contributed by atoms with Crippen LogP contribution in [-0.4, -0.2) is 44.7 Å². The lowest BCUT2D eigenvalue weighted by molar-refractivity contribution is 0.0458. The number of nitrogens with zero attached hydrogens (tertiary/aromatic N) is 3. The SMILES string of the molecule is CCC(CO)(CNC(=O)OC(C)(C)C)Cc1ncnn1C. The Balaban J connectivity index is 2.68. The summed E-state index contributed by atoms with van der Waals surface area (Å²) in [6.07, 6.45) is 2.24. The average Bonchev–Trinajstić information content (AvgIpc) is 2.78. The smallest absolute Gasteiger partial charge is 0.407 e. The maximum atomic E-state index is 11.8. The molecule has 1 unspecified atom stereocenters. The molecule has 0 aliphatic carbocycles. The Hall–Kier alpha value is -1.63. The Labute approximate surface area is 125 Å². The first-order valence-electron chi connectivity index (χ1n) is 7.12. The molecular formula is C14H26N4O3. The first kappa shape index (κ1) is 17.4. The molecule has 0 saturated carbocycles. The Morgan fingerprint density at radius 3 is 2.57 bits per heavy atom. The zero-order valence-electron chi connectivity index (χ0n) is 13.5. The highest BCUT2D eigenvalue weighted by atomic mass is 16.6. The molecule has 0 bridgehead atoms. The quantitative estimate of drug-likeness (QED) is 0.825. The molecule has 1 aromatic heterocycles. The predicted molar refractivity (Wildman–Crippen MR) is 78.8 cm³/mol. The van der Waals surface area contributed by atoms with Crippen LogP contribution in [0.3, 0.4) is 0 Å². The molecule has 1 rings (SSSR count). The van der Waals surface area contributed by atoms with Gasteiger partial charge in [-0.15, -0.1) is 0 Å². The Morgan fingerprint density at radius 1 is 1.48 bits per heavy atom. The van der Waals surface area contributed by atoms with Crippen LogP contribution in [-0.2, 0) is 18.2 Å². The third-order valence-corrected chi connectivity index (χ3v) is 3.43. The van der Waals surface area contributed by atoms with Gasteiger partial charge in [0.05, 0.1) is 6.61 Å². The van der Waals surface area contributed by atoms with E-state index in [2.05, 4.69) is 15.4 Å². The minimum atomic E-state index is -0.540. The molecule has 2 N–H and O–H groups in total. The first-order chi connectivity index (χ1) is 9.71. The maximum absolute atomic E-state index is 11.8. The molecule has 0 aromatic carbocycles. The van der Waals surface area contributed by atoms with Gasteiger partial charge in [-0.05, 0) is 27.2 Å². The van der Waals surface area contributed by atoms with E-state index < -0.39 is 17.1 Å². The van der Waals surface area contributed by atoms with Crippen molar-refractivity contribution in [2.75, 3.05) is 13.2 Å². The third kappa shape index (κ3) is 5.34. The molecule has 0 aliphatic heterocycles. The highest BCUT2D eigenvalue weighted by Gasteiger charge is 2.31. The van der Waals surface area contributed by atoms with Crippen molar-refractivity contribution < 1.29 is 14.6 Å². The number of nitrogens with one attached hydrogen (secondary N) is 1. The predicted octanol–water partition coefficient (Wildman–Crippen LogP) is 1.27. The van der Waals surface area contributed by atoms with E-state index in [1.54, 1.807) is 11.7 Å². The first-order valence-corrected chi connectivity index (χ1v) is 7.12. The summed E-state index contributed by atoms with van der Waals surface area (Å²) in [5, 5.41) is 16.5. The number of rotatable bonds is 6. The van der Waals surface area contributed by atoms with E-state index >= 15 is 0 Å². The van der Waals surface area contributed by atoms with Crippen LogP contribution in [0.2, 0.25) is 0 Å². The zero-order valence-corrected chi connectivity index (χ0v) is 13.5. The summed E-state index contributed by atoms with van der Waals surface area (Å²) in [5.41, 5.74) is -1.01. The summed E-state index contributed by atoms with van der Waals surface area (Å²) in [5.74, 6) is 0.775. The second-order valence-electron chi connectivity index (χ2n) is 6.34. The normalized spacial score (nSPS) is 14.6. The summed E-state index contributed by atoms with van der Waals surface area (Å²) in [6, 6.07) is 0. The van der Waals surface area contributed by atoms with Crippen molar-refractivity contribution in [1.82, 2.24) is 20.1 Å². The summed E-state index contributed by atoms with van der Waals surface area (Å²) in [6.45, 7) is 7.68. The number of carbonyl (C=O) groups is 1. The van der Waals surface area contributed by atoms with Crippen LogP contribution in [0, 0.1) is 5.41 Å². The maximum Gasteiger partial charge on any atom is 0.407 e. The molecule has 0 spiro atoms. The second kappa shape index (κ2) is 6.89. The number of ether oxygens (including phenoxy) is 1. The topological polar surface area (TPSA) is 89.3 Å². The van der Waals surface area contributed by atoms with Gasteiger partial charge in [-0.3, -0.25) is 4.68 Å². The van der Waals surface area contributed by atoms with E-state index in [1.807, 2.05) is 27.7 Å². The fraction of sp³-hybridized carbons (Fsp3) is 0.786. The Kier molecular flexibility index (Phi) is 5.71. The van der Waals surface area contributed by atoms with Crippen LogP contribution in [0.25, 0.3) is 0 Å². The minimum absolute atomic E-state index is 0.0494. The van der Waals surface area contributed by atoms with Crippen molar-refractivity contribution in [2.45, 2.75) is 46.1 Å². The number of aromatic nitrogens is 3. The van der Waals surface area contributed by atoms with E-state index in [0.29, 0.717) is 19.4 Å². The van der Waals surface area contributed by atoms with Crippen LogP contribution in [0.1, 0.15) is 39.9 Å². The number of hydrogen-bond donors (Lipinski definition) is 2. The van der Waals surface area contributed by atoms with Crippen molar-refractivity contribution in [2.24, 2.45) is 12.5 Å². The van der Waals surface area contributed by atoms with Gasteiger partial charge in [0.25, 0.3) is 0 Å². The summed E-state index contributed by atoms with van der Waals surface area (Å²) in [4.78, 5) is 15.9.